The molecule has 1 aromatic heterocycles. The maximum Gasteiger partial charge on any atom is 0.349 e. The molecule has 1 aliphatic heterocycles. The Morgan fingerprint density at radius 3 is 2.61 bits per heavy atom. The molecule has 2 aromatic rings. The molecule has 0 unspecified atom stereocenters. The minimum atomic E-state index is -2.22. The number of amides is 1. The third-order valence-corrected chi connectivity index (χ3v) is 4.30. The number of nitrogens with zero attached hydrogens (tertiary/aromatic N) is 2. The van der Waals surface area contributed by atoms with E-state index < -0.39 is 48.5 Å². The molecule has 3 rings (SSSR count). The highest BCUT2D eigenvalue weighted by Gasteiger charge is 2.44. The Hall–Kier alpha value is -2.95. The molecule has 1 fully saturated rings. The molecule has 1 amide bonds. The fourth-order valence-corrected chi connectivity index (χ4v) is 2.77. The zero-order valence-electron chi connectivity index (χ0n) is 14.6. The van der Waals surface area contributed by atoms with Crippen LogP contribution in [0.3, 0.4) is 0 Å². The maximum absolute atomic E-state index is 13.9. The van der Waals surface area contributed by atoms with Gasteiger partial charge >= 0.3 is 5.69 Å². The number of halogens is 1. The minimum Gasteiger partial charge on any atom is -0.394 e. The van der Waals surface area contributed by atoms with E-state index in [0.717, 1.165) is 4.57 Å². The fraction of sp³-hybridized carbons (Fsp3) is 0.333. The van der Waals surface area contributed by atoms with Gasteiger partial charge in [0.05, 0.1) is 13.2 Å². The summed E-state index contributed by atoms with van der Waals surface area (Å²) >= 11 is 0. The van der Waals surface area contributed by atoms with Crippen LogP contribution in [-0.2, 0) is 16.1 Å². The average Bonchev–Trinajstić information content (AvgIpc) is 2.70. The van der Waals surface area contributed by atoms with Gasteiger partial charge < -0.3 is 20.3 Å². The van der Waals surface area contributed by atoms with E-state index in [1.54, 1.807) is 30.3 Å². The Morgan fingerprint density at radius 1 is 1.25 bits per heavy atom. The Bertz CT molecular complexity index is 919. The summed E-state index contributed by atoms with van der Waals surface area (Å²) in [7, 11) is 0. The topological polar surface area (TPSA) is 131 Å². The van der Waals surface area contributed by atoms with Crippen LogP contribution in [0.2, 0.25) is 0 Å². The summed E-state index contributed by atoms with van der Waals surface area (Å²) in [4.78, 5) is 39.9. The number of carbonyl (C=O) groups excluding carboxylic acids is 2. The minimum absolute atomic E-state index is 0.0121. The second-order valence-corrected chi connectivity index (χ2v) is 6.21. The van der Waals surface area contributed by atoms with Gasteiger partial charge in [-0.1, -0.05) is 18.2 Å². The van der Waals surface area contributed by atoms with Crippen LogP contribution in [0.25, 0.3) is 0 Å². The van der Waals surface area contributed by atoms with Gasteiger partial charge in [-0.15, -0.1) is 0 Å². The second kappa shape index (κ2) is 8.38. The third-order valence-electron chi connectivity index (χ3n) is 4.30. The molecule has 4 atom stereocenters. The van der Waals surface area contributed by atoms with Crippen LogP contribution >= 0.6 is 0 Å². The Labute approximate surface area is 158 Å². The lowest BCUT2D eigenvalue weighted by atomic mass is 9.98. The van der Waals surface area contributed by atoms with Crippen molar-refractivity contribution >= 4 is 17.5 Å². The van der Waals surface area contributed by atoms with Crippen LogP contribution in [0.5, 0.6) is 0 Å². The van der Waals surface area contributed by atoms with E-state index in [1.807, 2.05) is 0 Å². The van der Waals surface area contributed by atoms with Crippen molar-refractivity contribution in [1.82, 2.24) is 9.55 Å². The Morgan fingerprint density at radius 2 is 1.96 bits per heavy atom. The highest BCUT2D eigenvalue weighted by Crippen LogP contribution is 2.21. The number of rotatable bonds is 5. The molecule has 0 spiro atoms. The summed E-state index contributed by atoms with van der Waals surface area (Å²) < 4.78 is 20.1. The van der Waals surface area contributed by atoms with Crippen LogP contribution in [0.1, 0.15) is 10.4 Å². The average molecular weight is 391 g/mol. The van der Waals surface area contributed by atoms with Gasteiger partial charge in [0.1, 0.15) is 24.1 Å². The van der Waals surface area contributed by atoms with Gasteiger partial charge in [-0.25, -0.2) is 9.18 Å². The largest absolute Gasteiger partial charge is 0.394 e. The molecule has 1 saturated heterocycles. The molecule has 0 radical (unpaired) electrons. The predicted molar refractivity (Wildman–Crippen MR) is 94.5 cm³/mol. The van der Waals surface area contributed by atoms with Crippen molar-refractivity contribution in [1.29, 1.82) is 0 Å². The fourth-order valence-electron chi connectivity index (χ4n) is 2.77. The van der Waals surface area contributed by atoms with Crippen molar-refractivity contribution in [2.45, 2.75) is 31.0 Å². The number of alkyl halides is 1. The molecule has 9 nitrogen and oxygen atoms in total. The molecule has 28 heavy (non-hydrogen) atoms. The second-order valence-electron chi connectivity index (χ2n) is 6.21. The van der Waals surface area contributed by atoms with Gasteiger partial charge in [-0.2, -0.15) is 4.98 Å². The molecule has 1 aromatic carbocycles. The van der Waals surface area contributed by atoms with Crippen LogP contribution in [0.15, 0.2) is 47.4 Å². The summed E-state index contributed by atoms with van der Waals surface area (Å²) in [6.07, 6.45) is -5.34. The van der Waals surface area contributed by atoms with Crippen molar-refractivity contribution < 1.29 is 28.9 Å². The smallest absolute Gasteiger partial charge is 0.349 e. The quantitative estimate of drug-likeness (QED) is 0.628. The zero-order valence-corrected chi connectivity index (χ0v) is 14.6. The first-order chi connectivity index (χ1) is 13.4. The van der Waals surface area contributed by atoms with E-state index in [0.29, 0.717) is 5.56 Å². The first kappa shape index (κ1) is 19.8. The molecule has 0 aliphatic carbocycles. The van der Waals surface area contributed by atoms with Crippen molar-refractivity contribution in [2.75, 3.05) is 11.9 Å². The van der Waals surface area contributed by atoms with Crippen molar-refractivity contribution in [3.8, 4) is 0 Å². The lowest BCUT2D eigenvalue weighted by Gasteiger charge is -2.34. The maximum atomic E-state index is 13.9. The highest BCUT2D eigenvalue weighted by atomic mass is 19.1. The number of aliphatic hydroxyl groups excluding tert-OH is 2. The number of nitrogens with one attached hydrogen (secondary N) is 1. The summed E-state index contributed by atoms with van der Waals surface area (Å²) in [5.74, 6) is -1.46. The summed E-state index contributed by atoms with van der Waals surface area (Å²) in [5, 5.41) is 21.2. The number of carbonyl (C=O) groups is 2. The van der Waals surface area contributed by atoms with Gasteiger partial charge in [0.15, 0.2) is 12.0 Å². The number of benzene rings is 1. The van der Waals surface area contributed by atoms with E-state index in [-0.39, 0.29) is 12.4 Å². The van der Waals surface area contributed by atoms with Crippen molar-refractivity contribution in [2.24, 2.45) is 0 Å². The number of aliphatic hydroxyl groups is 2. The highest BCUT2D eigenvalue weighted by molar-refractivity contribution is 6.03. The standard InChI is InChI=1S/C18H18FN3O6/c19-14-15(24)11(28-12(9-23)16(14)25)8-22-7-6-13(21-18(22)27)20-17(26)10-4-2-1-3-5-10/h1-7,11-12,14,16,23,25H,8-9H2,(H,20,21,26,27)/t11-,12+,14+,16+/m0/s1. The van der Waals surface area contributed by atoms with E-state index in [1.165, 1.54) is 12.3 Å². The number of hydrogen-bond acceptors (Lipinski definition) is 7. The van der Waals surface area contributed by atoms with Crippen LogP contribution in [0.4, 0.5) is 10.2 Å². The molecule has 0 saturated carbocycles. The van der Waals surface area contributed by atoms with Gasteiger partial charge in [0.25, 0.3) is 5.91 Å². The first-order valence-corrected chi connectivity index (χ1v) is 8.46. The van der Waals surface area contributed by atoms with E-state index in [2.05, 4.69) is 10.3 Å². The van der Waals surface area contributed by atoms with Gasteiger partial charge in [-0.3, -0.25) is 14.2 Å². The molecular weight excluding hydrogens is 373 g/mol. The number of hydrogen-bond donors (Lipinski definition) is 3. The summed E-state index contributed by atoms with van der Waals surface area (Å²) in [6.45, 7) is -1.02. The number of anilines is 1. The zero-order chi connectivity index (χ0) is 20.3. The third kappa shape index (κ3) is 4.14. The van der Waals surface area contributed by atoms with Gasteiger partial charge in [0, 0.05) is 11.8 Å². The van der Waals surface area contributed by atoms with E-state index in [4.69, 9.17) is 9.84 Å². The molecule has 10 heteroatoms. The number of aromatic nitrogens is 2. The van der Waals surface area contributed by atoms with Gasteiger partial charge in [-0.05, 0) is 18.2 Å². The molecule has 2 heterocycles. The summed E-state index contributed by atoms with van der Waals surface area (Å²) in [6, 6.07) is 9.68. The first-order valence-electron chi connectivity index (χ1n) is 8.46. The van der Waals surface area contributed by atoms with Gasteiger partial charge in [0.2, 0.25) is 0 Å². The summed E-state index contributed by atoms with van der Waals surface area (Å²) in [5.41, 5.74) is -0.401. The number of ether oxygens (including phenoxy) is 1. The monoisotopic (exact) mass is 391 g/mol. The Balaban J connectivity index is 1.71. The molecule has 0 bridgehead atoms. The number of ketones is 1. The van der Waals surface area contributed by atoms with Crippen molar-refractivity contribution in [3.63, 3.8) is 0 Å². The Kier molecular flexibility index (Phi) is 5.93. The van der Waals surface area contributed by atoms with Crippen molar-refractivity contribution in [3.05, 3.63) is 58.6 Å². The van der Waals surface area contributed by atoms with Crippen LogP contribution in [-0.4, -0.2) is 62.5 Å². The molecule has 1 aliphatic rings. The SMILES string of the molecule is O=C(Nc1ccn(C[C@@H]2O[C@H](CO)[C@@H](O)[C@H](F)C2=O)c(=O)n1)c1ccccc1. The lowest BCUT2D eigenvalue weighted by Crippen LogP contribution is -2.56. The molecule has 3 N–H and O–H groups in total. The van der Waals surface area contributed by atoms with E-state index in [9.17, 15) is 23.9 Å². The lowest BCUT2D eigenvalue weighted by molar-refractivity contribution is -0.180. The molecule has 148 valence electrons. The van der Waals surface area contributed by atoms with Crippen LogP contribution in [0, 0.1) is 0 Å². The van der Waals surface area contributed by atoms with E-state index >= 15 is 0 Å². The predicted octanol–water partition coefficient (Wildman–Crippen LogP) is -0.477. The molecular formula is C18H18FN3O6. The normalized spacial score (nSPS) is 24.8. The number of Topliss-reactive ketones (excluding diaryl/α,β-unsaturated/α-hetero) is 1. The van der Waals surface area contributed by atoms with Crippen LogP contribution < -0.4 is 11.0 Å².